The zero-order chi connectivity index (χ0) is 20.5. The Kier molecular flexibility index (Phi) is 4.72. The molecule has 0 saturated carbocycles. The van der Waals surface area contributed by atoms with Gasteiger partial charge >= 0.3 is 5.69 Å². The minimum Gasteiger partial charge on any atom is -0.324 e. The van der Waals surface area contributed by atoms with Gasteiger partial charge in [-0.05, 0) is 32.4 Å². The molecule has 29 heavy (non-hydrogen) atoms. The van der Waals surface area contributed by atoms with Crippen LogP contribution >= 0.6 is 0 Å². The molecular formula is C22H21N5O2. The van der Waals surface area contributed by atoms with Crippen LogP contribution in [0.3, 0.4) is 0 Å². The summed E-state index contributed by atoms with van der Waals surface area (Å²) in [6.07, 6.45) is 0. The second-order valence-electron chi connectivity index (χ2n) is 7.06. The number of aryl methyl sites for hydroxylation is 3. The van der Waals surface area contributed by atoms with Gasteiger partial charge in [0, 0.05) is 17.3 Å². The van der Waals surface area contributed by atoms with Gasteiger partial charge in [0.25, 0.3) is 0 Å². The lowest BCUT2D eigenvalue weighted by atomic mass is 10.1. The van der Waals surface area contributed by atoms with Crippen LogP contribution in [0.2, 0.25) is 0 Å². The third kappa shape index (κ3) is 3.67. The third-order valence-electron chi connectivity index (χ3n) is 4.75. The molecule has 4 aromatic rings. The smallest absolute Gasteiger partial charge is 0.324 e. The molecular weight excluding hydrogens is 366 g/mol. The Hall–Kier alpha value is -3.74. The van der Waals surface area contributed by atoms with Crippen molar-refractivity contribution in [1.29, 1.82) is 0 Å². The molecule has 1 N–H and O–H groups in total. The van der Waals surface area contributed by atoms with Gasteiger partial charge < -0.3 is 5.32 Å². The lowest BCUT2D eigenvalue weighted by molar-refractivity contribution is -0.117. The maximum atomic E-state index is 12.7. The summed E-state index contributed by atoms with van der Waals surface area (Å²) in [6, 6.07) is 17.2. The normalized spacial score (nSPS) is 11.0. The molecule has 2 aromatic heterocycles. The van der Waals surface area contributed by atoms with Gasteiger partial charge in [-0.3, -0.25) is 4.79 Å². The van der Waals surface area contributed by atoms with E-state index < -0.39 is 0 Å². The molecule has 0 aliphatic heterocycles. The number of carbonyl (C=O) groups excluding carboxylic acids is 1. The molecule has 0 atom stereocenters. The van der Waals surface area contributed by atoms with E-state index in [2.05, 4.69) is 15.4 Å². The molecule has 2 heterocycles. The predicted molar refractivity (Wildman–Crippen MR) is 112 cm³/mol. The van der Waals surface area contributed by atoms with E-state index in [-0.39, 0.29) is 18.1 Å². The molecule has 2 aromatic carbocycles. The first-order chi connectivity index (χ1) is 13.9. The van der Waals surface area contributed by atoms with Gasteiger partial charge in [-0.2, -0.15) is 0 Å². The van der Waals surface area contributed by atoms with Gasteiger partial charge in [0.15, 0.2) is 5.65 Å². The fraction of sp³-hybridized carbons (Fsp3) is 0.182. The number of rotatable bonds is 4. The maximum absolute atomic E-state index is 12.7. The molecule has 0 fully saturated rings. The second kappa shape index (κ2) is 7.35. The van der Waals surface area contributed by atoms with E-state index >= 15 is 0 Å². The molecule has 1 amide bonds. The van der Waals surface area contributed by atoms with Crippen molar-refractivity contribution in [3.05, 3.63) is 82.0 Å². The number of carbonyl (C=O) groups is 1. The monoisotopic (exact) mass is 387 g/mol. The molecule has 0 aliphatic carbocycles. The number of hydrogen-bond donors (Lipinski definition) is 1. The third-order valence-corrected chi connectivity index (χ3v) is 4.75. The maximum Gasteiger partial charge on any atom is 0.352 e. The van der Waals surface area contributed by atoms with Crippen molar-refractivity contribution in [2.75, 3.05) is 5.32 Å². The molecule has 0 unspecified atom stereocenters. The summed E-state index contributed by atoms with van der Waals surface area (Å²) in [4.78, 5) is 29.7. The molecule has 0 radical (unpaired) electrons. The number of anilines is 1. The van der Waals surface area contributed by atoms with Crippen molar-refractivity contribution < 1.29 is 4.79 Å². The summed E-state index contributed by atoms with van der Waals surface area (Å²) in [7, 11) is 0. The molecule has 0 spiro atoms. The molecule has 0 bridgehead atoms. The van der Waals surface area contributed by atoms with Crippen LogP contribution in [0.4, 0.5) is 5.69 Å². The van der Waals surface area contributed by atoms with Gasteiger partial charge in [-0.15, -0.1) is 5.10 Å². The number of nitrogens with zero attached hydrogens (tertiary/aromatic N) is 4. The number of benzene rings is 2. The zero-order valence-corrected chi connectivity index (χ0v) is 16.5. The Morgan fingerprint density at radius 1 is 1.03 bits per heavy atom. The lowest BCUT2D eigenvalue weighted by Crippen LogP contribution is -2.29. The number of fused-ring (bicyclic) bond motifs is 1. The summed E-state index contributed by atoms with van der Waals surface area (Å²) in [5, 5.41) is 7.19. The summed E-state index contributed by atoms with van der Waals surface area (Å²) >= 11 is 0. The average Bonchev–Trinajstić information content (AvgIpc) is 3.00. The summed E-state index contributed by atoms with van der Waals surface area (Å²) in [5.41, 5.74) is 4.55. The predicted octanol–water partition coefficient (Wildman–Crippen LogP) is 3.12. The molecule has 7 nitrogen and oxygen atoms in total. The lowest BCUT2D eigenvalue weighted by Gasteiger charge is -2.08. The number of nitrogens with one attached hydrogen (secondary N) is 1. The first kappa shape index (κ1) is 18.6. The fourth-order valence-corrected chi connectivity index (χ4v) is 3.34. The Balaban J connectivity index is 1.64. The highest BCUT2D eigenvalue weighted by Crippen LogP contribution is 2.18. The van der Waals surface area contributed by atoms with Gasteiger partial charge in [0.05, 0.1) is 5.69 Å². The highest BCUT2D eigenvalue weighted by atomic mass is 16.2. The van der Waals surface area contributed by atoms with E-state index in [9.17, 15) is 9.59 Å². The summed E-state index contributed by atoms with van der Waals surface area (Å²) < 4.78 is 2.58. The Bertz CT molecular complexity index is 1270. The van der Waals surface area contributed by atoms with Crippen molar-refractivity contribution in [3.8, 4) is 11.3 Å². The van der Waals surface area contributed by atoms with Crippen LogP contribution in [0.25, 0.3) is 16.9 Å². The average molecular weight is 387 g/mol. The van der Waals surface area contributed by atoms with Crippen LogP contribution in [0.5, 0.6) is 0 Å². The van der Waals surface area contributed by atoms with E-state index in [4.69, 9.17) is 0 Å². The van der Waals surface area contributed by atoms with E-state index in [1.54, 1.807) is 13.0 Å². The fourth-order valence-electron chi connectivity index (χ4n) is 3.34. The minimum absolute atomic E-state index is 0.173. The minimum atomic E-state index is -0.389. The van der Waals surface area contributed by atoms with E-state index in [0.717, 1.165) is 32.8 Å². The van der Waals surface area contributed by atoms with Crippen LogP contribution in [-0.4, -0.2) is 25.1 Å². The van der Waals surface area contributed by atoms with Gasteiger partial charge in [0.1, 0.15) is 12.4 Å². The quantitative estimate of drug-likeness (QED) is 0.583. The Morgan fingerprint density at radius 3 is 2.52 bits per heavy atom. The zero-order valence-electron chi connectivity index (χ0n) is 16.5. The number of amides is 1. The number of hydrogen-bond acceptors (Lipinski definition) is 4. The first-order valence-corrected chi connectivity index (χ1v) is 9.32. The molecule has 7 heteroatoms. The van der Waals surface area contributed by atoms with Crippen LogP contribution in [-0.2, 0) is 11.3 Å². The van der Waals surface area contributed by atoms with Gasteiger partial charge in [-0.1, -0.05) is 48.0 Å². The second-order valence-corrected chi connectivity index (χ2v) is 7.06. The summed E-state index contributed by atoms with van der Waals surface area (Å²) in [6.45, 7) is 5.51. The summed E-state index contributed by atoms with van der Waals surface area (Å²) in [5.74, 6) is 0.212. The van der Waals surface area contributed by atoms with Gasteiger partial charge in [-0.25, -0.2) is 18.9 Å². The van der Waals surface area contributed by atoms with Crippen molar-refractivity contribution in [3.63, 3.8) is 0 Å². The van der Waals surface area contributed by atoms with E-state index in [0.29, 0.717) is 11.5 Å². The van der Waals surface area contributed by atoms with Crippen molar-refractivity contribution in [1.82, 2.24) is 19.2 Å². The molecule has 4 rings (SSSR count). The highest BCUT2D eigenvalue weighted by Gasteiger charge is 2.15. The van der Waals surface area contributed by atoms with Gasteiger partial charge in [0.2, 0.25) is 5.91 Å². The number of aromatic nitrogens is 4. The molecule has 146 valence electrons. The van der Waals surface area contributed by atoms with Crippen molar-refractivity contribution >= 4 is 17.2 Å². The molecule has 0 saturated heterocycles. The Labute approximate surface area is 167 Å². The van der Waals surface area contributed by atoms with Crippen LogP contribution in [0.15, 0.2) is 59.4 Å². The standard InChI is InChI=1S/C22H21N5O2/c1-14-9-10-18(15(2)11-14)24-21(28)13-26-22(29)27-16(3)23-19(12-20(27)25-26)17-7-5-4-6-8-17/h4-12H,13H2,1-3H3,(H,24,28). The van der Waals surface area contributed by atoms with E-state index in [1.165, 1.54) is 4.40 Å². The van der Waals surface area contributed by atoms with Crippen LogP contribution in [0, 0.1) is 20.8 Å². The highest BCUT2D eigenvalue weighted by molar-refractivity contribution is 5.91. The first-order valence-electron chi connectivity index (χ1n) is 9.32. The van der Waals surface area contributed by atoms with Crippen molar-refractivity contribution in [2.45, 2.75) is 27.3 Å². The van der Waals surface area contributed by atoms with E-state index in [1.807, 2.05) is 62.4 Å². The largest absolute Gasteiger partial charge is 0.352 e. The van der Waals surface area contributed by atoms with Crippen molar-refractivity contribution in [2.24, 2.45) is 0 Å². The van der Waals surface area contributed by atoms with Crippen LogP contribution in [0.1, 0.15) is 17.0 Å². The topological polar surface area (TPSA) is 81.3 Å². The Morgan fingerprint density at radius 2 is 1.79 bits per heavy atom. The molecule has 0 aliphatic rings. The SMILES string of the molecule is Cc1ccc(NC(=O)Cn2nc3cc(-c4ccccc4)nc(C)n3c2=O)c(C)c1. The van der Waals surface area contributed by atoms with Crippen LogP contribution < -0.4 is 11.0 Å².